The van der Waals surface area contributed by atoms with Crippen molar-refractivity contribution in [3.8, 4) is 0 Å². The van der Waals surface area contributed by atoms with Gasteiger partial charge in [-0.15, -0.1) is 0 Å². The normalized spacial score (nSPS) is 10.9. The van der Waals surface area contributed by atoms with Gasteiger partial charge in [-0.05, 0) is 34.5 Å². The Morgan fingerprint density at radius 1 is 1.15 bits per heavy atom. The van der Waals surface area contributed by atoms with Crippen LogP contribution >= 0.6 is 15.9 Å². The Labute approximate surface area is 125 Å². The van der Waals surface area contributed by atoms with Crippen LogP contribution in [-0.4, -0.2) is 15.6 Å². The average Bonchev–Trinajstić information content (AvgIpc) is 2.85. The number of rotatable bonds is 3. The Morgan fingerprint density at radius 2 is 1.90 bits per heavy atom. The van der Waals surface area contributed by atoms with E-state index in [9.17, 15) is 4.79 Å². The first-order valence-corrected chi connectivity index (χ1v) is 7.12. The van der Waals surface area contributed by atoms with Crippen molar-refractivity contribution in [2.75, 3.05) is 0 Å². The van der Waals surface area contributed by atoms with Crippen molar-refractivity contribution in [2.24, 2.45) is 7.05 Å². The summed E-state index contributed by atoms with van der Waals surface area (Å²) in [5, 5.41) is 6.33. The molecule has 0 N–H and O–H groups in total. The quantitative estimate of drug-likeness (QED) is 0.686. The lowest BCUT2D eigenvalue weighted by Crippen LogP contribution is -2.09. The topological polar surface area (TPSA) is 34.9 Å². The van der Waals surface area contributed by atoms with E-state index in [1.807, 2.05) is 18.2 Å². The molecule has 0 amide bonds. The van der Waals surface area contributed by atoms with Gasteiger partial charge in [-0.3, -0.25) is 9.48 Å². The Balaban J connectivity index is 1.90. The fourth-order valence-corrected chi connectivity index (χ4v) is 2.68. The maximum Gasteiger partial charge on any atom is 0.185 e. The SMILES string of the molecule is Cn1nccc1C(=O)Cc1ccc2cc(Br)ccc2c1. The number of benzene rings is 2. The van der Waals surface area contributed by atoms with Crippen molar-refractivity contribution >= 4 is 32.5 Å². The molecule has 2 aromatic carbocycles. The molecule has 0 aliphatic heterocycles. The van der Waals surface area contributed by atoms with Crippen molar-refractivity contribution in [3.63, 3.8) is 0 Å². The number of carbonyl (C=O) groups is 1. The fourth-order valence-electron chi connectivity index (χ4n) is 2.30. The number of halogens is 1. The van der Waals surface area contributed by atoms with Crippen LogP contribution in [0.3, 0.4) is 0 Å². The van der Waals surface area contributed by atoms with Gasteiger partial charge in [-0.2, -0.15) is 5.10 Å². The summed E-state index contributed by atoms with van der Waals surface area (Å²) in [4.78, 5) is 12.2. The summed E-state index contributed by atoms with van der Waals surface area (Å²) in [5.74, 6) is 0.0847. The molecular formula is C16H13BrN2O. The van der Waals surface area contributed by atoms with Crippen molar-refractivity contribution in [1.82, 2.24) is 9.78 Å². The van der Waals surface area contributed by atoms with Gasteiger partial charge >= 0.3 is 0 Å². The highest BCUT2D eigenvalue weighted by Crippen LogP contribution is 2.21. The summed E-state index contributed by atoms with van der Waals surface area (Å²) in [6.45, 7) is 0. The van der Waals surface area contributed by atoms with Crippen molar-refractivity contribution in [1.29, 1.82) is 0 Å². The van der Waals surface area contributed by atoms with Crippen molar-refractivity contribution in [2.45, 2.75) is 6.42 Å². The van der Waals surface area contributed by atoms with E-state index in [-0.39, 0.29) is 5.78 Å². The molecule has 3 nitrogen and oxygen atoms in total. The minimum atomic E-state index is 0.0847. The van der Waals surface area contributed by atoms with E-state index in [0.29, 0.717) is 12.1 Å². The smallest absolute Gasteiger partial charge is 0.185 e. The fraction of sp³-hybridized carbons (Fsp3) is 0.125. The molecule has 0 unspecified atom stereocenters. The number of hydrogen-bond acceptors (Lipinski definition) is 2. The predicted molar refractivity (Wildman–Crippen MR) is 82.9 cm³/mol. The summed E-state index contributed by atoms with van der Waals surface area (Å²) in [6.07, 6.45) is 2.04. The predicted octanol–water partition coefficient (Wildman–Crippen LogP) is 3.76. The zero-order valence-electron chi connectivity index (χ0n) is 11.0. The van der Waals surface area contributed by atoms with Gasteiger partial charge in [0.15, 0.2) is 5.78 Å². The molecule has 0 aliphatic carbocycles. The first-order chi connectivity index (χ1) is 9.63. The van der Waals surface area contributed by atoms with Crippen LogP contribution in [0.1, 0.15) is 16.1 Å². The lowest BCUT2D eigenvalue weighted by Gasteiger charge is -2.04. The van der Waals surface area contributed by atoms with E-state index in [1.165, 1.54) is 0 Å². The van der Waals surface area contributed by atoms with Crippen LogP contribution in [0.25, 0.3) is 10.8 Å². The van der Waals surface area contributed by atoms with Crippen LogP contribution in [0.5, 0.6) is 0 Å². The number of fused-ring (bicyclic) bond motifs is 1. The molecular weight excluding hydrogens is 316 g/mol. The van der Waals surface area contributed by atoms with E-state index in [4.69, 9.17) is 0 Å². The highest BCUT2D eigenvalue weighted by molar-refractivity contribution is 9.10. The minimum Gasteiger partial charge on any atom is -0.292 e. The third-order valence-corrected chi connectivity index (χ3v) is 3.83. The summed E-state index contributed by atoms with van der Waals surface area (Å²) in [7, 11) is 1.78. The molecule has 20 heavy (non-hydrogen) atoms. The monoisotopic (exact) mass is 328 g/mol. The van der Waals surface area contributed by atoms with Gasteiger partial charge in [0.25, 0.3) is 0 Å². The van der Waals surface area contributed by atoms with Crippen LogP contribution in [0.2, 0.25) is 0 Å². The van der Waals surface area contributed by atoms with Crippen molar-refractivity contribution < 1.29 is 4.79 Å². The number of nitrogens with zero attached hydrogens (tertiary/aromatic N) is 2. The molecule has 3 rings (SSSR count). The second kappa shape index (κ2) is 5.21. The van der Waals surface area contributed by atoms with E-state index in [2.05, 4.69) is 39.2 Å². The van der Waals surface area contributed by atoms with Gasteiger partial charge in [0, 0.05) is 24.1 Å². The lowest BCUT2D eigenvalue weighted by molar-refractivity contribution is 0.0984. The highest BCUT2D eigenvalue weighted by Gasteiger charge is 2.11. The van der Waals surface area contributed by atoms with Crippen LogP contribution < -0.4 is 0 Å². The average molecular weight is 329 g/mol. The maximum atomic E-state index is 12.2. The molecule has 0 saturated heterocycles. The number of Topliss-reactive ketones (excluding diaryl/α,β-unsaturated/α-hetero) is 1. The van der Waals surface area contributed by atoms with Gasteiger partial charge in [0.2, 0.25) is 0 Å². The number of aromatic nitrogens is 2. The van der Waals surface area contributed by atoms with Crippen LogP contribution in [0.4, 0.5) is 0 Å². The number of carbonyl (C=O) groups excluding carboxylic acids is 1. The van der Waals surface area contributed by atoms with Crippen LogP contribution in [0.15, 0.2) is 53.1 Å². The first-order valence-electron chi connectivity index (χ1n) is 6.33. The second-order valence-corrected chi connectivity index (χ2v) is 5.68. The second-order valence-electron chi connectivity index (χ2n) is 4.77. The molecule has 4 heteroatoms. The molecule has 0 atom stereocenters. The molecule has 0 bridgehead atoms. The van der Waals surface area contributed by atoms with Gasteiger partial charge < -0.3 is 0 Å². The Bertz CT molecular complexity index is 792. The highest BCUT2D eigenvalue weighted by atomic mass is 79.9. The summed E-state index contributed by atoms with van der Waals surface area (Å²) >= 11 is 3.46. The number of ketones is 1. The molecule has 100 valence electrons. The molecule has 0 radical (unpaired) electrons. The Morgan fingerprint density at radius 3 is 2.65 bits per heavy atom. The number of aryl methyl sites for hydroxylation is 1. The van der Waals surface area contributed by atoms with Crippen LogP contribution in [-0.2, 0) is 13.5 Å². The largest absolute Gasteiger partial charge is 0.292 e. The minimum absolute atomic E-state index is 0.0847. The van der Waals surface area contributed by atoms with Crippen LogP contribution in [0, 0.1) is 0 Å². The third kappa shape index (κ3) is 2.51. The zero-order valence-corrected chi connectivity index (χ0v) is 12.6. The van der Waals surface area contributed by atoms with E-state index < -0.39 is 0 Å². The molecule has 1 aromatic heterocycles. The first kappa shape index (κ1) is 13.1. The van der Waals surface area contributed by atoms with Gasteiger partial charge in [-0.25, -0.2) is 0 Å². The molecule has 0 saturated carbocycles. The van der Waals surface area contributed by atoms with Gasteiger partial charge in [0.05, 0.1) is 0 Å². The summed E-state index contributed by atoms with van der Waals surface area (Å²) in [5.41, 5.74) is 1.66. The standard InChI is InChI=1S/C16H13BrN2O/c1-19-15(6-7-18-19)16(20)9-11-2-3-13-10-14(17)5-4-12(13)8-11/h2-8,10H,9H2,1H3. The van der Waals surface area contributed by atoms with E-state index >= 15 is 0 Å². The third-order valence-electron chi connectivity index (χ3n) is 3.34. The summed E-state index contributed by atoms with van der Waals surface area (Å²) in [6, 6.07) is 14.0. The molecule has 0 spiro atoms. The van der Waals surface area contributed by atoms with Gasteiger partial charge in [-0.1, -0.05) is 40.2 Å². The van der Waals surface area contributed by atoms with E-state index in [1.54, 1.807) is 24.0 Å². The number of hydrogen-bond donors (Lipinski definition) is 0. The maximum absolute atomic E-state index is 12.2. The van der Waals surface area contributed by atoms with Crippen molar-refractivity contribution in [3.05, 3.63) is 64.4 Å². The molecule has 0 aliphatic rings. The molecule has 3 aromatic rings. The Hall–Kier alpha value is -1.94. The Kier molecular flexibility index (Phi) is 3.40. The zero-order chi connectivity index (χ0) is 14.1. The van der Waals surface area contributed by atoms with Gasteiger partial charge in [0.1, 0.15) is 5.69 Å². The summed E-state index contributed by atoms with van der Waals surface area (Å²) < 4.78 is 2.67. The van der Waals surface area contributed by atoms with E-state index in [0.717, 1.165) is 20.8 Å². The molecule has 0 fully saturated rings. The molecule has 1 heterocycles. The lowest BCUT2D eigenvalue weighted by atomic mass is 10.0.